The molecule has 2 saturated heterocycles. The SMILES string of the molecule is CNC1CCOCC1CN1CCCC(C)(OC)C1. The fourth-order valence-corrected chi connectivity index (χ4v) is 3.32. The van der Waals surface area contributed by atoms with Gasteiger partial charge >= 0.3 is 0 Å². The molecule has 0 amide bonds. The minimum atomic E-state index is 0.0446. The fourth-order valence-electron chi connectivity index (χ4n) is 3.32. The van der Waals surface area contributed by atoms with Crippen molar-refractivity contribution in [3.05, 3.63) is 0 Å². The van der Waals surface area contributed by atoms with Gasteiger partial charge in [0.05, 0.1) is 12.2 Å². The molecule has 0 radical (unpaired) electrons. The van der Waals surface area contributed by atoms with Gasteiger partial charge in [-0.15, -0.1) is 0 Å². The Morgan fingerprint density at radius 1 is 1.50 bits per heavy atom. The highest BCUT2D eigenvalue weighted by molar-refractivity contribution is 4.88. The third-order valence-corrected chi connectivity index (χ3v) is 4.57. The normalized spacial score (nSPS) is 38.8. The van der Waals surface area contributed by atoms with E-state index in [1.807, 2.05) is 7.11 Å². The summed E-state index contributed by atoms with van der Waals surface area (Å²) in [6, 6.07) is 0.606. The molecule has 0 saturated carbocycles. The highest BCUT2D eigenvalue weighted by Crippen LogP contribution is 2.25. The van der Waals surface area contributed by atoms with E-state index in [9.17, 15) is 0 Å². The third-order valence-electron chi connectivity index (χ3n) is 4.57. The lowest BCUT2D eigenvalue weighted by Crippen LogP contribution is -2.52. The van der Waals surface area contributed by atoms with Crippen LogP contribution in [-0.2, 0) is 9.47 Å². The summed E-state index contributed by atoms with van der Waals surface area (Å²) >= 11 is 0. The topological polar surface area (TPSA) is 33.7 Å². The van der Waals surface area contributed by atoms with Gasteiger partial charge in [0.25, 0.3) is 0 Å². The monoisotopic (exact) mass is 256 g/mol. The first-order chi connectivity index (χ1) is 8.67. The van der Waals surface area contributed by atoms with Gasteiger partial charge in [-0.1, -0.05) is 0 Å². The van der Waals surface area contributed by atoms with Crippen LogP contribution in [0.4, 0.5) is 0 Å². The average molecular weight is 256 g/mol. The second-order valence-electron chi connectivity index (χ2n) is 6.01. The molecular formula is C14H28N2O2. The number of rotatable bonds is 4. The molecule has 0 bridgehead atoms. The molecule has 106 valence electrons. The number of ether oxygens (including phenoxy) is 2. The van der Waals surface area contributed by atoms with Crippen LogP contribution in [0.25, 0.3) is 0 Å². The molecule has 0 aromatic heterocycles. The molecule has 4 nitrogen and oxygen atoms in total. The zero-order valence-electron chi connectivity index (χ0n) is 12.1. The van der Waals surface area contributed by atoms with Crippen LogP contribution in [0.15, 0.2) is 0 Å². The molecule has 2 fully saturated rings. The van der Waals surface area contributed by atoms with Crippen molar-refractivity contribution in [1.29, 1.82) is 0 Å². The molecule has 3 unspecified atom stereocenters. The van der Waals surface area contributed by atoms with Gasteiger partial charge in [0.1, 0.15) is 0 Å². The Morgan fingerprint density at radius 3 is 3.06 bits per heavy atom. The molecular weight excluding hydrogens is 228 g/mol. The maximum Gasteiger partial charge on any atom is 0.0777 e. The lowest BCUT2D eigenvalue weighted by atomic mass is 9.91. The maximum absolute atomic E-state index is 5.66. The zero-order valence-corrected chi connectivity index (χ0v) is 12.1. The Hall–Kier alpha value is -0.160. The summed E-state index contributed by atoms with van der Waals surface area (Å²) in [7, 11) is 3.90. The number of nitrogens with zero attached hydrogens (tertiary/aromatic N) is 1. The largest absolute Gasteiger partial charge is 0.381 e. The molecule has 2 aliphatic heterocycles. The number of piperidine rings is 1. The Bertz CT molecular complexity index is 262. The van der Waals surface area contributed by atoms with E-state index in [2.05, 4.69) is 24.2 Å². The van der Waals surface area contributed by atoms with E-state index in [1.54, 1.807) is 0 Å². The van der Waals surface area contributed by atoms with Crippen LogP contribution in [0.1, 0.15) is 26.2 Å². The molecule has 0 spiro atoms. The van der Waals surface area contributed by atoms with Gasteiger partial charge in [-0.05, 0) is 39.8 Å². The van der Waals surface area contributed by atoms with Crippen LogP contribution in [0, 0.1) is 5.92 Å². The van der Waals surface area contributed by atoms with Gasteiger partial charge in [-0.3, -0.25) is 0 Å². The van der Waals surface area contributed by atoms with Crippen molar-refractivity contribution in [2.24, 2.45) is 5.92 Å². The highest BCUT2D eigenvalue weighted by Gasteiger charge is 2.33. The summed E-state index contributed by atoms with van der Waals surface area (Å²) in [6.07, 6.45) is 3.55. The van der Waals surface area contributed by atoms with E-state index in [0.29, 0.717) is 12.0 Å². The molecule has 0 aromatic carbocycles. The standard InChI is InChI=1S/C14H28N2O2/c1-14(17-3)6-4-7-16(11-14)9-12-10-18-8-5-13(12)15-2/h12-13,15H,4-11H2,1-3H3. The number of hydrogen-bond acceptors (Lipinski definition) is 4. The minimum Gasteiger partial charge on any atom is -0.381 e. The van der Waals surface area contributed by atoms with Gasteiger partial charge in [-0.25, -0.2) is 0 Å². The number of nitrogens with one attached hydrogen (secondary N) is 1. The van der Waals surface area contributed by atoms with Gasteiger partial charge in [0, 0.05) is 38.8 Å². The van der Waals surface area contributed by atoms with E-state index in [0.717, 1.165) is 32.7 Å². The first kappa shape index (κ1) is 14.3. The second kappa shape index (κ2) is 6.33. The Labute approximate surface area is 111 Å². The Morgan fingerprint density at radius 2 is 2.33 bits per heavy atom. The van der Waals surface area contributed by atoms with Crippen LogP contribution in [0.3, 0.4) is 0 Å². The van der Waals surface area contributed by atoms with Crippen LogP contribution >= 0.6 is 0 Å². The van der Waals surface area contributed by atoms with Crippen LogP contribution in [0.2, 0.25) is 0 Å². The van der Waals surface area contributed by atoms with Gasteiger partial charge in [0.15, 0.2) is 0 Å². The van der Waals surface area contributed by atoms with Crippen LogP contribution < -0.4 is 5.32 Å². The maximum atomic E-state index is 5.66. The molecule has 2 aliphatic rings. The molecule has 0 aromatic rings. The summed E-state index contributed by atoms with van der Waals surface area (Å²) in [5.74, 6) is 0.614. The molecule has 2 heterocycles. The lowest BCUT2D eigenvalue weighted by molar-refractivity contribution is -0.0622. The number of likely N-dealkylation sites (tertiary alicyclic amines) is 1. The van der Waals surface area contributed by atoms with Gasteiger partial charge < -0.3 is 19.7 Å². The molecule has 1 N–H and O–H groups in total. The highest BCUT2D eigenvalue weighted by atomic mass is 16.5. The summed E-state index contributed by atoms with van der Waals surface area (Å²) in [6.45, 7) is 7.41. The van der Waals surface area contributed by atoms with Gasteiger partial charge in [0.2, 0.25) is 0 Å². The van der Waals surface area contributed by atoms with Gasteiger partial charge in [-0.2, -0.15) is 0 Å². The smallest absolute Gasteiger partial charge is 0.0777 e. The summed E-state index contributed by atoms with van der Waals surface area (Å²) in [5, 5.41) is 3.44. The Balaban J connectivity index is 1.87. The third kappa shape index (κ3) is 3.44. The number of methoxy groups -OCH3 is 1. The summed E-state index contributed by atoms with van der Waals surface area (Å²) in [4.78, 5) is 2.55. The molecule has 3 atom stereocenters. The predicted octanol–water partition coefficient (Wildman–Crippen LogP) is 1.11. The summed E-state index contributed by atoms with van der Waals surface area (Å²) < 4.78 is 11.3. The predicted molar refractivity (Wildman–Crippen MR) is 72.9 cm³/mol. The fraction of sp³-hybridized carbons (Fsp3) is 1.00. The minimum absolute atomic E-state index is 0.0446. The lowest BCUT2D eigenvalue weighted by Gasteiger charge is -2.42. The second-order valence-corrected chi connectivity index (χ2v) is 6.01. The van der Waals surface area contributed by atoms with E-state index in [4.69, 9.17) is 9.47 Å². The van der Waals surface area contributed by atoms with Crippen molar-refractivity contribution < 1.29 is 9.47 Å². The molecule has 4 heteroatoms. The van der Waals surface area contributed by atoms with Crippen molar-refractivity contribution >= 4 is 0 Å². The van der Waals surface area contributed by atoms with Crippen molar-refractivity contribution in [3.63, 3.8) is 0 Å². The van der Waals surface area contributed by atoms with E-state index in [1.165, 1.54) is 19.4 Å². The van der Waals surface area contributed by atoms with E-state index >= 15 is 0 Å². The molecule has 2 rings (SSSR count). The van der Waals surface area contributed by atoms with Crippen molar-refractivity contribution in [1.82, 2.24) is 10.2 Å². The number of hydrogen-bond donors (Lipinski definition) is 1. The summed E-state index contributed by atoms with van der Waals surface area (Å²) in [5.41, 5.74) is 0.0446. The zero-order chi connectivity index (χ0) is 13.0. The first-order valence-corrected chi connectivity index (χ1v) is 7.19. The average Bonchev–Trinajstić information content (AvgIpc) is 2.39. The van der Waals surface area contributed by atoms with Crippen LogP contribution in [-0.4, -0.2) is 63.5 Å². The van der Waals surface area contributed by atoms with Crippen molar-refractivity contribution in [2.75, 3.05) is 47.0 Å². The van der Waals surface area contributed by atoms with Crippen molar-refractivity contribution in [3.8, 4) is 0 Å². The Kier molecular flexibility index (Phi) is 5.01. The van der Waals surface area contributed by atoms with E-state index in [-0.39, 0.29) is 5.60 Å². The molecule has 18 heavy (non-hydrogen) atoms. The molecule has 0 aliphatic carbocycles. The van der Waals surface area contributed by atoms with Crippen LogP contribution in [0.5, 0.6) is 0 Å². The van der Waals surface area contributed by atoms with Crippen molar-refractivity contribution in [2.45, 2.75) is 37.8 Å². The first-order valence-electron chi connectivity index (χ1n) is 7.19. The quantitative estimate of drug-likeness (QED) is 0.817. The van der Waals surface area contributed by atoms with E-state index < -0.39 is 0 Å².